The number of carbonyl (C=O) groups is 2. The number of aliphatic hydroxyl groups is 3. The number of carbonyl (C=O) groups excluding carboxylic acids is 2. The number of benzene rings is 1. The van der Waals surface area contributed by atoms with Crippen LogP contribution in [-0.2, 0) is 14.9 Å². The highest BCUT2D eigenvalue weighted by molar-refractivity contribution is 6.59. The Kier molecular flexibility index (Phi) is 7.43. The van der Waals surface area contributed by atoms with E-state index in [0.717, 1.165) is 0 Å². The van der Waals surface area contributed by atoms with Gasteiger partial charge in [-0.3, -0.25) is 29.3 Å². The van der Waals surface area contributed by atoms with E-state index in [1.165, 1.54) is 23.0 Å². The third-order valence-corrected chi connectivity index (χ3v) is 10.2. The molecule has 1 aromatic carbocycles. The fraction of sp³-hybridized carbons (Fsp3) is 0.519. The van der Waals surface area contributed by atoms with Gasteiger partial charge in [0.2, 0.25) is 23.2 Å². The summed E-state index contributed by atoms with van der Waals surface area (Å²) in [6.45, 7) is 11.2. The van der Waals surface area contributed by atoms with E-state index in [0.29, 0.717) is 0 Å². The fourth-order valence-electron chi connectivity index (χ4n) is 5.76. The van der Waals surface area contributed by atoms with E-state index in [1.807, 2.05) is 13.1 Å². The number of aromatic amines is 1. The number of aliphatic hydroxyl groups excluding tert-OH is 1. The normalized spacial score (nSPS) is 27.1. The average molecular weight is 572 g/mol. The quantitative estimate of drug-likeness (QED) is 0.206. The van der Waals surface area contributed by atoms with Crippen molar-refractivity contribution in [3.8, 4) is 0 Å². The molecule has 0 bridgehead atoms. The predicted molar refractivity (Wildman–Crippen MR) is 151 cm³/mol. The number of nitrogens with zero attached hydrogens (tertiary/aromatic N) is 3. The van der Waals surface area contributed by atoms with Crippen LogP contribution in [-0.4, -0.2) is 79.2 Å². The second-order valence-corrected chi connectivity index (χ2v) is 15.0. The van der Waals surface area contributed by atoms with E-state index in [2.05, 4.69) is 20.3 Å². The molecule has 3 aromatic rings. The summed E-state index contributed by atoms with van der Waals surface area (Å²) < 4.78 is 7.80. The standard InChI is InChI=1S/C27H37N5O7Si/c1-15(2)21(35)30-23-29-20-18(22(36)31-23)28-14-32(20)27(40(6)7)26(38,19(34)16-11-9-8-10-12-16)25(37,24(3,4)5)17(13-33)39-27/h8-12,14-15,17,33,37-38,40H,13H2,1-7H3,(H2,29,30,31,35,36)/t17-,25+,26-,27+/m1/s1. The molecule has 5 N–H and O–H groups in total. The molecule has 0 saturated carbocycles. The molecular weight excluding hydrogens is 534 g/mol. The van der Waals surface area contributed by atoms with Crippen LogP contribution < -0.4 is 10.9 Å². The molecular formula is C27H37N5O7Si. The molecule has 1 fully saturated rings. The van der Waals surface area contributed by atoms with Crippen LogP contribution >= 0.6 is 0 Å². The lowest BCUT2D eigenvalue weighted by molar-refractivity contribution is -0.186. The lowest BCUT2D eigenvalue weighted by Crippen LogP contribution is -2.75. The van der Waals surface area contributed by atoms with Crippen molar-refractivity contribution in [3.63, 3.8) is 0 Å². The second-order valence-electron chi connectivity index (χ2n) is 11.9. The number of amides is 1. The lowest BCUT2D eigenvalue weighted by Gasteiger charge is -2.52. The Morgan fingerprint density at radius 1 is 1.20 bits per heavy atom. The van der Waals surface area contributed by atoms with Crippen LogP contribution in [0.15, 0.2) is 41.5 Å². The van der Waals surface area contributed by atoms with Gasteiger partial charge in [0.1, 0.15) is 20.5 Å². The van der Waals surface area contributed by atoms with E-state index in [9.17, 15) is 29.7 Å². The van der Waals surface area contributed by atoms with Crippen molar-refractivity contribution >= 4 is 37.6 Å². The molecule has 12 nitrogen and oxygen atoms in total. The number of ether oxygens (including phenoxy) is 1. The minimum atomic E-state index is -2.67. The van der Waals surface area contributed by atoms with Crippen LogP contribution in [0, 0.1) is 11.3 Å². The number of imidazole rings is 1. The maximum atomic E-state index is 14.5. The van der Waals surface area contributed by atoms with Crippen LogP contribution in [0.3, 0.4) is 0 Å². The number of anilines is 1. The number of aromatic nitrogens is 4. The largest absolute Gasteiger partial charge is 0.394 e. The molecule has 1 aliphatic heterocycles. The molecule has 216 valence electrons. The number of Topliss-reactive ketones (excluding diaryl/α,β-unsaturated/α-hetero) is 1. The first-order valence-electron chi connectivity index (χ1n) is 13.2. The van der Waals surface area contributed by atoms with Gasteiger partial charge in [0.15, 0.2) is 16.5 Å². The smallest absolute Gasteiger partial charge is 0.280 e. The molecule has 40 heavy (non-hydrogen) atoms. The first kappa shape index (κ1) is 29.7. The topological polar surface area (TPSA) is 180 Å². The molecule has 0 radical (unpaired) electrons. The minimum absolute atomic E-state index is 0.0712. The molecule has 1 aliphatic rings. The van der Waals surface area contributed by atoms with E-state index in [-0.39, 0.29) is 22.7 Å². The number of hydrogen-bond acceptors (Lipinski definition) is 9. The Hall–Kier alpha value is -3.23. The third-order valence-electron chi connectivity index (χ3n) is 7.85. The molecule has 3 heterocycles. The molecule has 2 aromatic heterocycles. The maximum Gasteiger partial charge on any atom is 0.280 e. The summed E-state index contributed by atoms with van der Waals surface area (Å²) in [6.07, 6.45) is -0.167. The number of fused-ring (bicyclic) bond motifs is 1. The van der Waals surface area contributed by atoms with Crippen LogP contribution in [0.4, 0.5) is 5.95 Å². The van der Waals surface area contributed by atoms with Crippen molar-refractivity contribution in [2.45, 2.75) is 70.4 Å². The van der Waals surface area contributed by atoms with E-state index in [1.54, 1.807) is 52.8 Å². The van der Waals surface area contributed by atoms with Crippen molar-refractivity contribution in [2.75, 3.05) is 11.9 Å². The summed E-state index contributed by atoms with van der Waals surface area (Å²) in [5.74, 6) is -1.77. The number of H-pyrrole nitrogens is 1. The Morgan fingerprint density at radius 2 is 1.82 bits per heavy atom. The van der Waals surface area contributed by atoms with Crippen molar-refractivity contribution in [1.82, 2.24) is 19.5 Å². The first-order chi connectivity index (χ1) is 18.6. The summed E-state index contributed by atoms with van der Waals surface area (Å²) in [7, 11) is -2.53. The minimum Gasteiger partial charge on any atom is -0.394 e. The predicted octanol–water partition coefficient (Wildman–Crippen LogP) is 1.18. The van der Waals surface area contributed by atoms with Gasteiger partial charge >= 0.3 is 0 Å². The molecule has 13 heteroatoms. The summed E-state index contributed by atoms with van der Waals surface area (Å²) in [5, 5.41) is 36.4. The van der Waals surface area contributed by atoms with Crippen molar-refractivity contribution in [2.24, 2.45) is 11.3 Å². The number of rotatable bonds is 7. The van der Waals surface area contributed by atoms with Crippen LogP contribution in [0.25, 0.3) is 11.2 Å². The van der Waals surface area contributed by atoms with E-state index in [4.69, 9.17) is 4.74 Å². The number of hydrogen-bond donors (Lipinski definition) is 5. The Morgan fingerprint density at radius 3 is 2.35 bits per heavy atom. The van der Waals surface area contributed by atoms with Crippen LogP contribution in [0.5, 0.6) is 0 Å². The molecule has 0 aliphatic carbocycles. The molecule has 4 atom stereocenters. The summed E-state index contributed by atoms with van der Waals surface area (Å²) in [5.41, 5.74) is -6.92. The zero-order chi connectivity index (χ0) is 29.8. The maximum absolute atomic E-state index is 14.5. The summed E-state index contributed by atoms with van der Waals surface area (Å²) in [4.78, 5) is 51.0. The molecule has 1 amide bonds. The monoisotopic (exact) mass is 571 g/mol. The number of ketones is 1. The highest BCUT2D eigenvalue weighted by atomic mass is 28.3. The van der Waals surface area contributed by atoms with Gasteiger partial charge in [-0.05, 0) is 5.41 Å². The zero-order valence-corrected chi connectivity index (χ0v) is 24.9. The van der Waals surface area contributed by atoms with Crippen molar-refractivity contribution in [3.05, 3.63) is 52.6 Å². The van der Waals surface area contributed by atoms with Gasteiger partial charge in [-0.25, -0.2) is 4.98 Å². The van der Waals surface area contributed by atoms with E-state index < -0.39 is 66.6 Å². The molecule has 1 saturated heterocycles. The van der Waals surface area contributed by atoms with Crippen LogP contribution in [0.2, 0.25) is 13.1 Å². The van der Waals surface area contributed by atoms with E-state index >= 15 is 0 Å². The first-order valence-corrected chi connectivity index (χ1v) is 16.1. The van der Waals surface area contributed by atoms with Gasteiger partial charge in [0.05, 0.1) is 12.9 Å². The van der Waals surface area contributed by atoms with Gasteiger partial charge < -0.3 is 20.1 Å². The second kappa shape index (κ2) is 10.00. The van der Waals surface area contributed by atoms with Gasteiger partial charge in [-0.1, -0.05) is 78.0 Å². The zero-order valence-electron chi connectivity index (χ0n) is 23.7. The van der Waals surface area contributed by atoms with Crippen molar-refractivity contribution < 1.29 is 29.6 Å². The SMILES string of the molecule is CC(C)C(=O)Nc1nc2c(ncn2[C@]2([SiH](C)C)O[C@H](CO)[C@](O)(C(C)(C)C)[C@]2(O)C(=O)c2ccccc2)c(=O)[nH]1. The summed E-state index contributed by atoms with van der Waals surface area (Å²) in [6, 6.07) is 8.04. The Labute approximate surface area is 233 Å². The summed E-state index contributed by atoms with van der Waals surface area (Å²) >= 11 is 0. The number of nitrogens with one attached hydrogen (secondary N) is 2. The van der Waals surface area contributed by atoms with Gasteiger partial charge in [0, 0.05) is 11.5 Å². The lowest BCUT2D eigenvalue weighted by atomic mass is 9.62. The van der Waals surface area contributed by atoms with Crippen LogP contribution in [0.1, 0.15) is 45.0 Å². The van der Waals surface area contributed by atoms with Gasteiger partial charge in [-0.2, -0.15) is 4.98 Å². The Bertz CT molecular complexity index is 1500. The Balaban J connectivity index is 2.11. The molecule has 4 rings (SSSR count). The highest BCUT2D eigenvalue weighted by Gasteiger charge is 2.80. The van der Waals surface area contributed by atoms with Gasteiger partial charge in [-0.15, -0.1) is 0 Å². The average Bonchev–Trinajstić information content (AvgIpc) is 3.41. The third kappa shape index (κ3) is 3.98. The highest BCUT2D eigenvalue weighted by Crippen LogP contribution is 2.59. The van der Waals surface area contributed by atoms with Crippen molar-refractivity contribution in [1.29, 1.82) is 0 Å². The molecule has 0 spiro atoms. The van der Waals surface area contributed by atoms with Gasteiger partial charge in [0.25, 0.3) is 5.56 Å². The molecule has 0 unspecified atom stereocenters. The fourth-order valence-corrected chi connectivity index (χ4v) is 8.13.